The molecule has 5 nitrogen and oxygen atoms in total. The van der Waals surface area contributed by atoms with Gasteiger partial charge in [-0.2, -0.15) is 0 Å². The molecule has 1 rings (SSSR count). The van der Waals surface area contributed by atoms with Crippen LogP contribution in [0.4, 0.5) is 0 Å². The zero-order valence-electron chi connectivity index (χ0n) is 11.1. The van der Waals surface area contributed by atoms with Crippen molar-refractivity contribution in [3.8, 4) is 0 Å². The third kappa shape index (κ3) is 4.89. The van der Waals surface area contributed by atoms with E-state index in [1.165, 1.54) is 0 Å². The van der Waals surface area contributed by atoms with Gasteiger partial charge >= 0.3 is 0 Å². The highest BCUT2D eigenvalue weighted by Gasteiger charge is 2.36. The molecule has 0 aromatic heterocycles. The van der Waals surface area contributed by atoms with Crippen LogP contribution in [0.15, 0.2) is 0 Å². The van der Waals surface area contributed by atoms with E-state index in [0.717, 1.165) is 13.0 Å². The maximum Gasteiger partial charge on any atom is 0.0897 e. The molecule has 0 amide bonds. The van der Waals surface area contributed by atoms with Gasteiger partial charge in [0.25, 0.3) is 0 Å². The quantitative estimate of drug-likeness (QED) is 0.599. The van der Waals surface area contributed by atoms with Crippen LogP contribution in [0, 0.1) is 0 Å². The van der Waals surface area contributed by atoms with Gasteiger partial charge in [-0.3, -0.25) is 0 Å². The predicted octanol–water partition coefficient (Wildman–Crippen LogP) is 0.167. The Bertz CT molecular complexity index is 215. The summed E-state index contributed by atoms with van der Waals surface area (Å²) in [5.41, 5.74) is -0.0342. The molecule has 0 bridgehead atoms. The molecular weight excluding hydrogens is 222 g/mol. The van der Waals surface area contributed by atoms with Crippen LogP contribution in [-0.2, 0) is 14.2 Å². The Labute approximate surface area is 103 Å². The number of nitrogens with one attached hydrogen (secondary N) is 1. The normalized spacial score (nSPS) is 30.7. The highest BCUT2D eigenvalue weighted by molar-refractivity contribution is 4.93. The Kier molecular flexibility index (Phi) is 6.37. The molecule has 1 heterocycles. The Morgan fingerprint density at radius 3 is 2.88 bits per heavy atom. The molecule has 2 N–H and O–H groups in total. The number of methoxy groups -OCH3 is 1. The molecule has 0 saturated carbocycles. The molecule has 1 saturated heterocycles. The van der Waals surface area contributed by atoms with E-state index >= 15 is 0 Å². The van der Waals surface area contributed by atoms with Crippen molar-refractivity contribution in [2.45, 2.75) is 38.0 Å². The lowest BCUT2D eigenvalue weighted by atomic mass is 9.94. The van der Waals surface area contributed by atoms with Gasteiger partial charge in [-0.15, -0.1) is 0 Å². The first-order valence-corrected chi connectivity index (χ1v) is 6.20. The molecule has 17 heavy (non-hydrogen) atoms. The summed E-state index contributed by atoms with van der Waals surface area (Å²) in [5, 5.41) is 13.1. The third-order valence-corrected chi connectivity index (χ3v) is 3.37. The van der Waals surface area contributed by atoms with Crippen LogP contribution < -0.4 is 5.32 Å². The summed E-state index contributed by atoms with van der Waals surface area (Å²) >= 11 is 0. The fourth-order valence-corrected chi connectivity index (χ4v) is 1.84. The van der Waals surface area contributed by atoms with E-state index in [1.54, 1.807) is 7.11 Å². The zero-order chi connectivity index (χ0) is 12.7. The SMILES string of the molecule is COCCOCC(O)CNC1(C)CCOC1C. The van der Waals surface area contributed by atoms with Crippen LogP contribution in [-0.4, -0.2) is 62.9 Å². The molecule has 1 aliphatic rings. The van der Waals surface area contributed by atoms with E-state index in [-0.39, 0.29) is 11.6 Å². The number of ether oxygens (including phenoxy) is 3. The number of β-amino-alcohol motifs (C(OH)–C–C–N with tert-alkyl or cyclic N) is 1. The number of hydrogen-bond donors (Lipinski definition) is 2. The van der Waals surface area contributed by atoms with E-state index in [0.29, 0.717) is 26.4 Å². The van der Waals surface area contributed by atoms with Gasteiger partial charge in [-0.25, -0.2) is 0 Å². The minimum Gasteiger partial charge on any atom is -0.389 e. The maximum atomic E-state index is 9.74. The van der Waals surface area contributed by atoms with E-state index in [4.69, 9.17) is 14.2 Å². The molecule has 1 aliphatic heterocycles. The first-order chi connectivity index (χ1) is 8.08. The van der Waals surface area contributed by atoms with Crippen LogP contribution in [0.1, 0.15) is 20.3 Å². The maximum absolute atomic E-state index is 9.74. The average molecular weight is 247 g/mol. The van der Waals surface area contributed by atoms with Gasteiger partial charge < -0.3 is 24.6 Å². The molecule has 1 fully saturated rings. The molecule has 3 unspecified atom stereocenters. The van der Waals surface area contributed by atoms with E-state index in [1.807, 2.05) is 0 Å². The summed E-state index contributed by atoms with van der Waals surface area (Å²) in [6.07, 6.45) is 0.673. The minimum atomic E-state index is -0.489. The number of aliphatic hydroxyl groups is 1. The second-order valence-electron chi connectivity index (χ2n) is 4.78. The van der Waals surface area contributed by atoms with E-state index in [2.05, 4.69) is 19.2 Å². The molecule has 0 spiro atoms. The largest absolute Gasteiger partial charge is 0.389 e. The van der Waals surface area contributed by atoms with Crippen molar-refractivity contribution in [1.29, 1.82) is 0 Å². The molecular formula is C12H25NO4. The van der Waals surface area contributed by atoms with Gasteiger partial charge in [0.1, 0.15) is 0 Å². The van der Waals surface area contributed by atoms with E-state index in [9.17, 15) is 5.11 Å². The number of aliphatic hydroxyl groups excluding tert-OH is 1. The fourth-order valence-electron chi connectivity index (χ4n) is 1.84. The monoisotopic (exact) mass is 247 g/mol. The lowest BCUT2D eigenvalue weighted by Gasteiger charge is -2.30. The molecule has 5 heteroatoms. The topological polar surface area (TPSA) is 60.0 Å². The zero-order valence-corrected chi connectivity index (χ0v) is 11.1. The second kappa shape index (κ2) is 7.28. The molecule has 102 valence electrons. The van der Waals surface area contributed by atoms with Crippen molar-refractivity contribution in [3.05, 3.63) is 0 Å². The van der Waals surface area contributed by atoms with Crippen molar-refractivity contribution in [3.63, 3.8) is 0 Å². The summed E-state index contributed by atoms with van der Waals surface area (Å²) in [7, 11) is 1.63. The van der Waals surface area contributed by atoms with Gasteiger partial charge in [0.15, 0.2) is 0 Å². The molecule has 0 aromatic rings. The van der Waals surface area contributed by atoms with Crippen LogP contribution in [0.2, 0.25) is 0 Å². The van der Waals surface area contributed by atoms with Crippen LogP contribution in [0.5, 0.6) is 0 Å². The van der Waals surface area contributed by atoms with E-state index < -0.39 is 6.10 Å². The predicted molar refractivity (Wildman–Crippen MR) is 65.1 cm³/mol. The smallest absolute Gasteiger partial charge is 0.0897 e. The third-order valence-electron chi connectivity index (χ3n) is 3.37. The van der Waals surface area contributed by atoms with Crippen molar-refractivity contribution >= 4 is 0 Å². The summed E-state index contributed by atoms with van der Waals surface area (Å²) in [6.45, 7) is 6.90. The van der Waals surface area contributed by atoms with Gasteiger partial charge in [0.05, 0.1) is 32.0 Å². The van der Waals surface area contributed by atoms with Crippen molar-refractivity contribution in [2.24, 2.45) is 0 Å². The molecule has 0 aromatic carbocycles. The Balaban J connectivity index is 2.12. The summed E-state index contributed by atoms with van der Waals surface area (Å²) < 4.78 is 15.6. The second-order valence-corrected chi connectivity index (χ2v) is 4.78. The van der Waals surface area contributed by atoms with Gasteiger partial charge in [-0.05, 0) is 20.3 Å². The Morgan fingerprint density at radius 2 is 2.29 bits per heavy atom. The fraction of sp³-hybridized carbons (Fsp3) is 1.00. The first kappa shape index (κ1) is 14.9. The lowest BCUT2D eigenvalue weighted by Crippen LogP contribution is -2.50. The van der Waals surface area contributed by atoms with Crippen molar-refractivity contribution < 1.29 is 19.3 Å². The summed E-state index contributed by atoms with van der Waals surface area (Å²) in [5.74, 6) is 0. The number of hydrogen-bond acceptors (Lipinski definition) is 5. The minimum absolute atomic E-state index is 0.0342. The number of rotatable bonds is 8. The highest BCUT2D eigenvalue weighted by atomic mass is 16.5. The Morgan fingerprint density at radius 1 is 1.53 bits per heavy atom. The molecule has 3 atom stereocenters. The average Bonchev–Trinajstić information content (AvgIpc) is 2.63. The van der Waals surface area contributed by atoms with Gasteiger partial charge in [-0.1, -0.05) is 0 Å². The summed E-state index contributed by atoms with van der Waals surface area (Å²) in [4.78, 5) is 0. The Hall–Kier alpha value is -0.200. The molecule has 0 radical (unpaired) electrons. The van der Waals surface area contributed by atoms with Crippen molar-refractivity contribution in [1.82, 2.24) is 5.32 Å². The molecule has 0 aliphatic carbocycles. The van der Waals surface area contributed by atoms with Gasteiger partial charge in [0.2, 0.25) is 0 Å². The van der Waals surface area contributed by atoms with Gasteiger partial charge in [0, 0.05) is 25.8 Å². The van der Waals surface area contributed by atoms with Crippen LogP contribution in [0.25, 0.3) is 0 Å². The van der Waals surface area contributed by atoms with Crippen LogP contribution >= 0.6 is 0 Å². The standard InChI is InChI=1S/C12H25NO4/c1-10-12(2,4-5-17-10)13-8-11(14)9-16-7-6-15-3/h10-11,13-14H,4-9H2,1-3H3. The van der Waals surface area contributed by atoms with Crippen LogP contribution in [0.3, 0.4) is 0 Å². The highest BCUT2D eigenvalue weighted by Crippen LogP contribution is 2.24. The first-order valence-electron chi connectivity index (χ1n) is 6.20. The van der Waals surface area contributed by atoms with Crippen molar-refractivity contribution in [2.75, 3.05) is 40.1 Å². The summed E-state index contributed by atoms with van der Waals surface area (Å²) in [6, 6.07) is 0. The lowest BCUT2D eigenvalue weighted by molar-refractivity contribution is 0.00852.